The number of nitrogens with zero attached hydrogens (tertiary/aromatic N) is 1. The Kier molecular flexibility index (Phi) is 9.83. The van der Waals surface area contributed by atoms with E-state index in [1.165, 1.54) is 12.1 Å². The van der Waals surface area contributed by atoms with E-state index in [2.05, 4.69) is 5.32 Å². The summed E-state index contributed by atoms with van der Waals surface area (Å²) in [5, 5.41) is 3.46. The van der Waals surface area contributed by atoms with Crippen molar-refractivity contribution < 1.29 is 22.3 Å². The van der Waals surface area contributed by atoms with Crippen molar-refractivity contribution in [2.45, 2.75) is 17.6 Å². The highest BCUT2D eigenvalue weighted by Crippen LogP contribution is 2.26. The molecule has 0 aliphatic rings. The highest BCUT2D eigenvalue weighted by Gasteiger charge is 2.27. The smallest absolute Gasteiger partial charge is 0.264 e. The number of hydrogen-bond acceptors (Lipinski definition) is 5. The highest BCUT2D eigenvalue weighted by molar-refractivity contribution is 7.98. The minimum absolute atomic E-state index is 0.115. The maximum atomic E-state index is 13.4. The van der Waals surface area contributed by atoms with Crippen molar-refractivity contribution in [3.05, 3.63) is 89.2 Å². The lowest BCUT2D eigenvalue weighted by atomic mass is 10.2. The van der Waals surface area contributed by atoms with E-state index in [4.69, 9.17) is 16.3 Å². The van der Waals surface area contributed by atoms with Gasteiger partial charge in [-0.3, -0.25) is 9.10 Å². The summed E-state index contributed by atoms with van der Waals surface area (Å²) in [6, 6.07) is 18.5. The summed E-state index contributed by atoms with van der Waals surface area (Å²) in [6.07, 6.45) is 0. The van der Waals surface area contributed by atoms with Crippen LogP contribution in [-0.4, -0.2) is 39.8 Å². The summed E-state index contributed by atoms with van der Waals surface area (Å²) < 4.78 is 46.4. The second-order valence-electron chi connectivity index (χ2n) is 7.39. The van der Waals surface area contributed by atoms with E-state index in [9.17, 15) is 17.6 Å². The normalized spacial score (nSPS) is 11.2. The summed E-state index contributed by atoms with van der Waals surface area (Å²) in [5.41, 5.74) is 1.30. The van der Waals surface area contributed by atoms with E-state index >= 15 is 0 Å². The molecule has 3 rings (SSSR count). The molecule has 0 aliphatic carbocycles. The van der Waals surface area contributed by atoms with E-state index in [0.29, 0.717) is 41.1 Å². The standard InChI is InChI=1S/C25H26ClFN2O4S2/c1-2-33-22-11-9-21(10-12-22)29(35(31,32)23-13-7-20(27)8-14-23)17-25(30)28-15-16-34-18-19-5-3-4-6-24(19)26/h3-14H,2,15-18H2,1H3,(H,28,30). The number of hydrogen-bond donors (Lipinski definition) is 1. The molecule has 0 saturated carbocycles. The Balaban J connectivity index is 1.67. The van der Waals surface area contributed by atoms with Crippen LogP contribution in [-0.2, 0) is 20.6 Å². The third-order valence-electron chi connectivity index (χ3n) is 4.91. The van der Waals surface area contributed by atoms with Gasteiger partial charge in [-0.05, 0) is 67.1 Å². The topological polar surface area (TPSA) is 75.7 Å². The van der Waals surface area contributed by atoms with Gasteiger partial charge in [0.25, 0.3) is 10.0 Å². The molecule has 186 valence electrons. The van der Waals surface area contributed by atoms with Crippen LogP contribution in [0, 0.1) is 5.82 Å². The van der Waals surface area contributed by atoms with Crippen LogP contribution >= 0.6 is 23.4 Å². The monoisotopic (exact) mass is 536 g/mol. The maximum Gasteiger partial charge on any atom is 0.264 e. The Bertz CT molecular complexity index is 1220. The Hall–Kier alpha value is -2.75. The lowest BCUT2D eigenvalue weighted by Crippen LogP contribution is -2.41. The van der Waals surface area contributed by atoms with Gasteiger partial charge in [0.05, 0.1) is 17.2 Å². The fraction of sp³-hybridized carbons (Fsp3) is 0.240. The van der Waals surface area contributed by atoms with Gasteiger partial charge >= 0.3 is 0 Å². The van der Waals surface area contributed by atoms with Crippen molar-refractivity contribution in [2.75, 3.05) is 29.8 Å². The van der Waals surface area contributed by atoms with Crippen molar-refractivity contribution in [3.8, 4) is 5.75 Å². The van der Waals surface area contributed by atoms with E-state index in [1.807, 2.05) is 31.2 Å². The molecule has 35 heavy (non-hydrogen) atoms. The van der Waals surface area contributed by atoms with Crippen LogP contribution in [0.4, 0.5) is 10.1 Å². The Labute approximate surface area is 214 Å². The van der Waals surface area contributed by atoms with E-state index in [0.717, 1.165) is 22.0 Å². The van der Waals surface area contributed by atoms with Gasteiger partial charge in [-0.1, -0.05) is 29.8 Å². The number of benzene rings is 3. The number of nitrogens with one attached hydrogen (secondary N) is 1. The van der Waals surface area contributed by atoms with Gasteiger partial charge in [0.1, 0.15) is 18.1 Å². The summed E-state index contributed by atoms with van der Waals surface area (Å²) in [4.78, 5) is 12.6. The quantitative estimate of drug-likeness (QED) is 0.325. The first-order chi connectivity index (χ1) is 16.8. The zero-order valence-corrected chi connectivity index (χ0v) is 21.5. The van der Waals surface area contributed by atoms with Gasteiger partial charge < -0.3 is 10.1 Å². The molecule has 0 spiro atoms. The SMILES string of the molecule is CCOc1ccc(N(CC(=O)NCCSCc2ccccc2Cl)S(=O)(=O)c2ccc(F)cc2)cc1. The van der Waals surface area contributed by atoms with Crippen molar-refractivity contribution in [2.24, 2.45) is 0 Å². The van der Waals surface area contributed by atoms with Crippen LogP contribution in [0.1, 0.15) is 12.5 Å². The summed E-state index contributed by atoms with van der Waals surface area (Å²) >= 11 is 7.77. The van der Waals surface area contributed by atoms with Crippen LogP contribution < -0.4 is 14.4 Å². The van der Waals surface area contributed by atoms with Gasteiger partial charge in [-0.25, -0.2) is 12.8 Å². The predicted molar refractivity (Wildman–Crippen MR) is 139 cm³/mol. The van der Waals surface area contributed by atoms with Crippen molar-refractivity contribution in [1.29, 1.82) is 0 Å². The summed E-state index contributed by atoms with van der Waals surface area (Å²) in [6.45, 7) is 2.24. The molecule has 0 fully saturated rings. The molecule has 1 amide bonds. The average molecular weight is 537 g/mol. The largest absolute Gasteiger partial charge is 0.494 e. The average Bonchev–Trinajstić information content (AvgIpc) is 2.84. The molecule has 0 unspecified atom stereocenters. The van der Waals surface area contributed by atoms with Crippen molar-refractivity contribution >= 4 is 45.0 Å². The molecular formula is C25H26ClFN2O4S2. The number of rotatable bonds is 12. The number of ether oxygens (including phenoxy) is 1. The van der Waals surface area contributed by atoms with Gasteiger partial charge in [-0.2, -0.15) is 11.8 Å². The number of carbonyl (C=O) groups is 1. The molecule has 0 radical (unpaired) electrons. The molecule has 0 bridgehead atoms. The number of halogens is 2. The molecule has 1 N–H and O–H groups in total. The third-order valence-corrected chi connectivity index (χ3v) is 8.07. The van der Waals surface area contributed by atoms with E-state index < -0.39 is 28.3 Å². The lowest BCUT2D eigenvalue weighted by molar-refractivity contribution is -0.119. The van der Waals surface area contributed by atoms with Crippen LogP contribution in [0.25, 0.3) is 0 Å². The minimum atomic E-state index is -4.12. The third kappa shape index (κ3) is 7.62. The maximum absolute atomic E-state index is 13.4. The fourth-order valence-corrected chi connectivity index (χ4v) is 5.74. The molecule has 0 atom stereocenters. The van der Waals surface area contributed by atoms with Crippen LogP contribution in [0.15, 0.2) is 77.7 Å². The fourth-order valence-electron chi connectivity index (χ4n) is 3.17. The first-order valence-corrected chi connectivity index (χ1v) is 13.9. The number of carbonyl (C=O) groups excluding carboxylic acids is 1. The van der Waals surface area contributed by atoms with Crippen molar-refractivity contribution in [1.82, 2.24) is 5.32 Å². The zero-order valence-electron chi connectivity index (χ0n) is 19.1. The van der Waals surface area contributed by atoms with Gasteiger partial charge in [0, 0.05) is 23.1 Å². The van der Waals surface area contributed by atoms with Gasteiger partial charge in [0.2, 0.25) is 5.91 Å². The van der Waals surface area contributed by atoms with Gasteiger partial charge in [-0.15, -0.1) is 0 Å². The summed E-state index contributed by atoms with van der Waals surface area (Å²) in [7, 11) is -4.12. The first-order valence-electron chi connectivity index (χ1n) is 10.9. The van der Waals surface area contributed by atoms with Crippen LogP contribution in [0.2, 0.25) is 5.02 Å². The number of anilines is 1. The first kappa shape index (κ1) is 26.8. The number of sulfonamides is 1. The molecule has 0 heterocycles. The number of thioether (sulfide) groups is 1. The second-order valence-corrected chi connectivity index (χ2v) is 10.8. The zero-order chi connectivity index (χ0) is 25.3. The molecular weight excluding hydrogens is 511 g/mol. The molecule has 0 saturated heterocycles. The Morgan fingerprint density at radius 2 is 1.74 bits per heavy atom. The molecule has 10 heteroatoms. The Morgan fingerprint density at radius 3 is 2.40 bits per heavy atom. The van der Waals surface area contributed by atoms with Crippen LogP contribution in [0.3, 0.4) is 0 Å². The molecule has 3 aromatic carbocycles. The predicted octanol–water partition coefficient (Wildman–Crippen LogP) is 5.12. The number of amides is 1. The van der Waals surface area contributed by atoms with E-state index in [-0.39, 0.29) is 4.90 Å². The van der Waals surface area contributed by atoms with Crippen molar-refractivity contribution in [3.63, 3.8) is 0 Å². The van der Waals surface area contributed by atoms with Crippen LogP contribution in [0.5, 0.6) is 5.75 Å². The van der Waals surface area contributed by atoms with Gasteiger partial charge in [0.15, 0.2) is 0 Å². The summed E-state index contributed by atoms with van der Waals surface area (Å²) in [5.74, 6) is 0.902. The van der Waals surface area contributed by atoms with E-state index in [1.54, 1.807) is 36.0 Å². The molecule has 6 nitrogen and oxygen atoms in total. The Morgan fingerprint density at radius 1 is 1.06 bits per heavy atom. The molecule has 0 aromatic heterocycles. The second kappa shape index (κ2) is 12.8. The molecule has 0 aliphatic heterocycles. The highest BCUT2D eigenvalue weighted by atomic mass is 35.5. The minimum Gasteiger partial charge on any atom is -0.494 e. The lowest BCUT2D eigenvalue weighted by Gasteiger charge is -2.24. The molecule has 3 aromatic rings.